The predicted molar refractivity (Wildman–Crippen MR) is 175 cm³/mol. The maximum atomic E-state index is 6.97. The van der Waals surface area contributed by atoms with E-state index in [2.05, 4.69) is 158 Å². The second-order valence-corrected chi connectivity index (χ2v) is 14.0. The summed E-state index contributed by atoms with van der Waals surface area (Å²) in [5.74, 6) is 1.85. The normalized spacial score (nSPS) is 13.9. The first-order valence-electron chi connectivity index (χ1n) is 13.9. The van der Waals surface area contributed by atoms with Crippen molar-refractivity contribution in [2.45, 2.75) is 19.3 Å². The Bertz CT molecular complexity index is 1550. The van der Waals surface area contributed by atoms with Crippen molar-refractivity contribution in [1.82, 2.24) is 0 Å². The molecule has 1 aliphatic carbocycles. The standard InChI is InChI=1S/C37H32OP2/c1-2-7-19-30(18-6-1)39(31-20-8-3-9-21-31)36-28-16-14-26-34(36)38-35-27-15-17-29-37(35)40(32-22-10-4-11-23-32)33-24-12-5-13-25-33/h3-6,8-29H,1-2,7H2. The average Bonchev–Trinajstić information content (AvgIpc) is 3.30. The summed E-state index contributed by atoms with van der Waals surface area (Å²) in [4.78, 5) is 0. The second-order valence-electron chi connectivity index (χ2n) is 9.68. The van der Waals surface area contributed by atoms with Crippen molar-refractivity contribution in [3.8, 4) is 11.5 Å². The highest BCUT2D eigenvalue weighted by Crippen LogP contribution is 2.48. The van der Waals surface area contributed by atoms with E-state index in [9.17, 15) is 0 Å². The topological polar surface area (TPSA) is 9.23 Å². The van der Waals surface area contributed by atoms with Crippen molar-refractivity contribution in [2.24, 2.45) is 0 Å². The molecule has 1 atom stereocenters. The third-order valence-corrected chi connectivity index (χ3v) is 11.9. The van der Waals surface area contributed by atoms with Crippen LogP contribution in [0.1, 0.15) is 19.3 Å². The van der Waals surface area contributed by atoms with Crippen LogP contribution in [0.3, 0.4) is 0 Å². The minimum atomic E-state index is -0.790. The molecule has 0 fully saturated rings. The van der Waals surface area contributed by atoms with Crippen LogP contribution in [0.4, 0.5) is 0 Å². The molecule has 40 heavy (non-hydrogen) atoms. The van der Waals surface area contributed by atoms with E-state index in [0.717, 1.165) is 24.3 Å². The largest absolute Gasteiger partial charge is 0.456 e. The van der Waals surface area contributed by atoms with Gasteiger partial charge in [0.2, 0.25) is 0 Å². The van der Waals surface area contributed by atoms with Gasteiger partial charge in [0.1, 0.15) is 11.5 Å². The van der Waals surface area contributed by atoms with Gasteiger partial charge in [-0.15, -0.1) is 0 Å². The second kappa shape index (κ2) is 13.1. The zero-order valence-corrected chi connectivity index (χ0v) is 24.2. The molecule has 1 nitrogen and oxygen atoms in total. The Balaban J connectivity index is 1.46. The molecule has 0 saturated carbocycles. The van der Waals surface area contributed by atoms with Crippen LogP contribution in [0.25, 0.3) is 0 Å². The molecule has 0 saturated heterocycles. The summed E-state index contributed by atoms with van der Waals surface area (Å²) < 4.78 is 6.97. The van der Waals surface area contributed by atoms with E-state index in [1.165, 1.54) is 38.3 Å². The first kappa shape index (κ1) is 26.5. The van der Waals surface area contributed by atoms with Crippen LogP contribution >= 0.6 is 15.8 Å². The van der Waals surface area contributed by atoms with Crippen LogP contribution in [-0.4, -0.2) is 0 Å². The van der Waals surface area contributed by atoms with Gasteiger partial charge in [-0.1, -0.05) is 146 Å². The van der Waals surface area contributed by atoms with E-state index in [4.69, 9.17) is 4.74 Å². The molecule has 0 bridgehead atoms. The molecular formula is C37H32OP2. The minimum Gasteiger partial charge on any atom is -0.456 e. The number of hydrogen-bond donors (Lipinski definition) is 0. The van der Waals surface area contributed by atoms with Crippen molar-refractivity contribution in [3.05, 3.63) is 163 Å². The number of hydrogen-bond acceptors (Lipinski definition) is 1. The summed E-state index contributed by atoms with van der Waals surface area (Å²) >= 11 is 0. The third kappa shape index (κ3) is 6.03. The van der Waals surface area contributed by atoms with Crippen LogP contribution in [0, 0.1) is 0 Å². The highest BCUT2D eigenvalue weighted by Gasteiger charge is 2.24. The van der Waals surface area contributed by atoms with E-state index in [1.54, 1.807) is 0 Å². The average molecular weight is 555 g/mol. The lowest BCUT2D eigenvalue weighted by Crippen LogP contribution is -2.22. The van der Waals surface area contributed by atoms with Crippen molar-refractivity contribution in [3.63, 3.8) is 0 Å². The summed E-state index contributed by atoms with van der Waals surface area (Å²) in [5, 5.41) is 7.85. The third-order valence-electron chi connectivity index (χ3n) is 6.95. The zero-order valence-electron chi connectivity index (χ0n) is 22.4. The van der Waals surface area contributed by atoms with E-state index in [1.807, 2.05) is 0 Å². The van der Waals surface area contributed by atoms with Crippen LogP contribution in [0.5, 0.6) is 11.5 Å². The van der Waals surface area contributed by atoms with E-state index < -0.39 is 15.8 Å². The van der Waals surface area contributed by atoms with Gasteiger partial charge in [-0.25, -0.2) is 0 Å². The Labute approximate surface area is 240 Å². The molecular weight excluding hydrogens is 522 g/mol. The van der Waals surface area contributed by atoms with Crippen LogP contribution in [-0.2, 0) is 0 Å². The van der Waals surface area contributed by atoms with Crippen molar-refractivity contribution < 1.29 is 4.74 Å². The Kier molecular flexibility index (Phi) is 8.64. The van der Waals surface area contributed by atoms with Crippen molar-refractivity contribution in [2.75, 3.05) is 0 Å². The molecule has 6 rings (SSSR count). The molecule has 1 unspecified atom stereocenters. The van der Waals surface area contributed by atoms with E-state index >= 15 is 0 Å². The lowest BCUT2D eigenvalue weighted by atomic mass is 10.2. The fourth-order valence-corrected chi connectivity index (χ4v) is 9.92. The molecule has 0 aromatic heterocycles. The maximum absolute atomic E-state index is 6.97. The maximum Gasteiger partial charge on any atom is 0.135 e. The van der Waals surface area contributed by atoms with Crippen LogP contribution < -0.4 is 31.3 Å². The minimum absolute atomic E-state index is 0.761. The summed E-state index contributed by atoms with van der Waals surface area (Å²) in [6.45, 7) is 0. The van der Waals surface area contributed by atoms with E-state index in [-0.39, 0.29) is 0 Å². The molecule has 0 N–H and O–H groups in total. The number of benzene rings is 5. The van der Waals surface area contributed by atoms with Crippen LogP contribution in [0.2, 0.25) is 0 Å². The molecule has 1 aliphatic rings. The predicted octanol–water partition coefficient (Wildman–Crippen LogP) is 8.29. The molecule has 196 valence electrons. The smallest absolute Gasteiger partial charge is 0.135 e. The molecule has 3 heteroatoms. The number of rotatable bonds is 8. The van der Waals surface area contributed by atoms with Gasteiger partial charge in [-0.2, -0.15) is 0 Å². The fourth-order valence-electron chi connectivity index (χ4n) is 5.08. The highest BCUT2D eigenvalue weighted by molar-refractivity contribution is 7.80. The first-order valence-corrected chi connectivity index (χ1v) is 16.5. The van der Waals surface area contributed by atoms with E-state index in [0.29, 0.717) is 0 Å². The van der Waals surface area contributed by atoms with Gasteiger partial charge < -0.3 is 4.74 Å². The molecule has 5 aromatic carbocycles. The number of ether oxygens (including phenoxy) is 1. The Morgan fingerprint density at radius 2 is 0.900 bits per heavy atom. The van der Waals surface area contributed by atoms with Crippen LogP contribution in [0.15, 0.2) is 163 Å². The molecule has 0 aliphatic heterocycles. The van der Waals surface area contributed by atoms with Gasteiger partial charge in [0.05, 0.1) is 0 Å². The molecule has 5 aromatic rings. The summed E-state index contributed by atoms with van der Waals surface area (Å²) in [5.41, 5.74) is 0. The number of allylic oxidation sites excluding steroid dienone is 4. The quantitative estimate of drug-likeness (QED) is 0.175. The van der Waals surface area contributed by atoms with Gasteiger partial charge in [0, 0.05) is 10.6 Å². The first-order chi connectivity index (χ1) is 19.9. The summed E-state index contributed by atoms with van der Waals surface area (Å²) in [7, 11) is -1.55. The highest BCUT2D eigenvalue weighted by atomic mass is 31.1. The molecule has 0 heterocycles. The van der Waals surface area contributed by atoms with Crippen molar-refractivity contribution >= 4 is 42.4 Å². The molecule has 0 spiro atoms. The van der Waals surface area contributed by atoms with Gasteiger partial charge in [-0.05, 0) is 68.5 Å². The lowest BCUT2D eigenvalue weighted by molar-refractivity contribution is 0.490. The number of para-hydroxylation sites is 2. The Morgan fingerprint density at radius 3 is 1.45 bits per heavy atom. The van der Waals surface area contributed by atoms with Gasteiger partial charge in [-0.3, -0.25) is 0 Å². The summed E-state index contributed by atoms with van der Waals surface area (Å²) in [6, 6.07) is 49.8. The summed E-state index contributed by atoms with van der Waals surface area (Å²) in [6.07, 6.45) is 10.6. The monoisotopic (exact) mass is 554 g/mol. The molecule has 0 amide bonds. The van der Waals surface area contributed by atoms with Crippen molar-refractivity contribution in [1.29, 1.82) is 0 Å². The lowest BCUT2D eigenvalue weighted by Gasteiger charge is -2.25. The zero-order chi connectivity index (χ0) is 27.0. The van der Waals surface area contributed by atoms with Gasteiger partial charge in [0.25, 0.3) is 0 Å². The van der Waals surface area contributed by atoms with Gasteiger partial charge in [0.15, 0.2) is 0 Å². The Morgan fingerprint density at radius 1 is 0.450 bits per heavy atom. The Hall–Kier alpha value is -3.76. The molecule has 0 radical (unpaired) electrons. The fraction of sp³-hybridized carbons (Fsp3) is 0.0811. The van der Waals surface area contributed by atoms with Gasteiger partial charge >= 0.3 is 0 Å². The SMILES string of the molecule is C1=CC(P(c2ccccc2)c2ccccc2Oc2ccccc2P(c2ccccc2)c2ccccc2)=CCCC1.